The summed E-state index contributed by atoms with van der Waals surface area (Å²) in [4.78, 5) is 0.0903. The van der Waals surface area contributed by atoms with Crippen molar-refractivity contribution in [1.29, 1.82) is 5.26 Å². The fraction of sp³-hybridized carbons (Fsp3) is 0.0714. The second-order valence-electron chi connectivity index (χ2n) is 4.16. The van der Waals surface area contributed by atoms with Crippen molar-refractivity contribution in [3.63, 3.8) is 0 Å². The standard InChI is InChI=1S/C14H11BrN2O2S/c1-11-2-8-14(9-3-11)20(18,19)17(10-16)13-6-4-12(15)5-7-13/h2-9H,1H3. The van der Waals surface area contributed by atoms with Gasteiger partial charge in [-0.05, 0) is 43.3 Å². The molecular weight excluding hydrogens is 340 g/mol. The van der Waals surface area contributed by atoms with Crippen molar-refractivity contribution in [3.8, 4) is 6.19 Å². The van der Waals surface area contributed by atoms with E-state index in [1.54, 1.807) is 42.6 Å². The third kappa shape index (κ3) is 2.84. The summed E-state index contributed by atoms with van der Waals surface area (Å²) in [5, 5.41) is 9.19. The number of rotatable bonds is 3. The molecule has 0 radical (unpaired) electrons. The summed E-state index contributed by atoms with van der Waals surface area (Å²) in [6, 6.07) is 12.9. The molecule has 0 heterocycles. The molecule has 0 bridgehead atoms. The Morgan fingerprint density at radius 1 is 1.05 bits per heavy atom. The Balaban J connectivity index is 2.48. The Hall–Kier alpha value is -1.84. The minimum absolute atomic E-state index is 0.0903. The molecular formula is C14H11BrN2O2S. The van der Waals surface area contributed by atoms with E-state index in [4.69, 9.17) is 0 Å². The van der Waals surface area contributed by atoms with Crippen LogP contribution >= 0.6 is 15.9 Å². The van der Waals surface area contributed by atoms with Gasteiger partial charge in [0.1, 0.15) is 0 Å². The molecule has 6 heteroatoms. The van der Waals surface area contributed by atoms with Gasteiger partial charge in [-0.1, -0.05) is 33.6 Å². The van der Waals surface area contributed by atoms with Gasteiger partial charge in [0.2, 0.25) is 0 Å². The summed E-state index contributed by atoms with van der Waals surface area (Å²) in [5.41, 5.74) is 1.26. The molecule has 0 aliphatic rings. The highest BCUT2D eigenvalue weighted by atomic mass is 79.9. The predicted molar refractivity (Wildman–Crippen MR) is 80.6 cm³/mol. The van der Waals surface area contributed by atoms with Crippen LogP contribution in [0.15, 0.2) is 57.9 Å². The van der Waals surface area contributed by atoms with Crippen LogP contribution in [0, 0.1) is 18.4 Å². The van der Waals surface area contributed by atoms with Crippen LogP contribution in [0.25, 0.3) is 0 Å². The second kappa shape index (κ2) is 5.65. The smallest absolute Gasteiger partial charge is 0.200 e. The van der Waals surface area contributed by atoms with E-state index in [1.165, 1.54) is 12.1 Å². The van der Waals surface area contributed by atoms with Crippen LogP contribution in [0.4, 0.5) is 5.69 Å². The first-order valence-electron chi connectivity index (χ1n) is 5.72. The Bertz CT molecular complexity index is 747. The third-order valence-electron chi connectivity index (χ3n) is 2.71. The maximum absolute atomic E-state index is 12.5. The Kier molecular flexibility index (Phi) is 4.12. The zero-order valence-electron chi connectivity index (χ0n) is 10.6. The highest BCUT2D eigenvalue weighted by molar-refractivity contribution is 9.10. The number of nitriles is 1. The van der Waals surface area contributed by atoms with E-state index in [1.807, 2.05) is 6.92 Å². The van der Waals surface area contributed by atoms with Gasteiger partial charge in [-0.3, -0.25) is 0 Å². The van der Waals surface area contributed by atoms with E-state index in [9.17, 15) is 13.7 Å². The fourth-order valence-electron chi connectivity index (χ4n) is 1.64. The van der Waals surface area contributed by atoms with E-state index in [0.29, 0.717) is 9.99 Å². The fourth-order valence-corrected chi connectivity index (χ4v) is 3.10. The molecule has 0 N–H and O–H groups in total. The van der Waals surface area contributed by atoms with Crippen LogP contribution in [0.5, 0.6) is 0 Å². The van der Waals surface area contributed by atoms with E-state index in [0.717, 1.165) is 10.0 Å². The molecule has 2 aromatic rings. The van der Waals surface area contributed by atoms with Crippen LogP contribution in [0.1, 0.15) is 5.56 Å². The molecule has 4 nitrogen and oxygen atoms in total. The van der Waals surface area contributed by atoms with E-state index < -0.39 is 10.0 Å². The molecule has 2 rings (SSSR count). The maximum atomic E-state index is 12.5. The molecule has 0 aliphatic heterocycles. The van der Waals surface area contributed by atoms with Crippen molar-refractivity contribution >= 4 is 31.6 Å². The number of benzene rings is 2. The first kappa shape index (κ1) is 14.6. The summed E-state index contributed by atoms with van der Waals surface area (Å²) >= 11 is 3.27. The quantitative estimate of drug-likeness (QED) is 0.629. The molecule has 0 atom stereocenters. The summed E-state index contributed by atoms with van der Waals surface area (Å²) in [6.07, 6.45) is 1.72. The average molecular weight is 351 g/mol. The Morgan fingerprint density at radius 2 is 1.60 bits per heavy atom. The van der Waals surface area contributed by atoms with E-state index in [2.05, 4.69) is 15.9 Å². The van der Waals surface area contributed by atoms with Gasteiger partial charge in [-0.25, -0.2) is 0 Å². The van der Waals surface area contributed by atoms with Gasteiger partial charge >= 0.3 is 0 Å². The SMILES string of the molecule is Cc1ccc(S(=O)(=O)N(C#N)c2ccc(Br)cc2)cc1. The molecule has 102 valence electrons. The monoisotopic (exact) mass is 350 g/mol. The Morgan fingerprint density at radius 3 is 2.10 bits per heavy atom. The van der Waals surface area contributed by atoms with Crippen LogP contribution < -0.4 is 4.31 Å². The second-order valence-corrected chi connectivity index (χ2v) is 6.86. The van der Waals surface area contributed by atoms with Crippen molar-refractivity contribution in [2.45, 2.75) is 11.8 Å². The zero-order chi connectivity index (χ0) is 14.8. The molecule has 2 aromatic carbocycles. The molecule has 0 aliphatic carbocycles. The third-order valence-corrected chi connectivity index (χ3v) is 4.88. The van der Waals surface area contributed by atoms with Gasteiger partial charge in [-0.2, -0.15) is 18.0 Å². The van der Waals surface area contributed by atoms with Gasteiger partial charge in [0, 0.05) is 4.47 Å². The largest absolute Gasteiger partial charge is 0.276 e. The van der Waals surface area contributed by atoms with Crippen molar-refractivity contribution in [2.24, 2.45) is 0 Å². The Labute approximate surface area is 126 Å². The summed E-state index contributed by atoms with van der Waals surface area (Å²) in [6.45, 7) is 1.87. The number of hydrogen-bond donors (Lipinski definition) is 0. The molecule has 0 unspecified atom stereocenters. The summed E-state index contributed by atoms with van der Waals surface area (Å²) < 4.78 is 26.4. The lowest BCUT2D eigenvalue weighted by Crippen LogP contribution is -2.25. The number of aryl methyl sites for hydroxylation is 1. The first-order chi connectivity index (χ1) is 9.45. The van der Waals surface area contributed by atoms with Crippen molar-refractivity contribution in [1.82, 2.24) is 0 Å². The minimum Gasteiger partial charge on any atom is -0.200 e. The van der Waals surface area contributed by atoms with Crippen LogP contribution in [0.3, 0.4) is 0 Å². The highest BCUT2D eigenvalue weighted by Crippen LogP contribution is 2.24. The molecule has 0 spiro atoms. The van der Waals surface area contributed by atoms with Gasteiger partial charge in [0.15, 0.2) is 6.19 Å². The topological polar surface area (TPSA) is 61.2 Å². The molecule has 0 fully saturated rings. The van der Waals surface area contributed by atoms with E-state index >= 15 is 0 Å². The molecule has 0 saturated heterocycles. The van der Waals surface area contributed by atoms with Crippen molar-refractivity contribution in [2.75, 3.05) is 4.31 Å². The number of halogens is 1. The first-order valence-corrected chi connectivity index (χ1v) is 7.96. The van der Waals surface area contributed by atoms with Gasteiger partial charge in [0.05, 0.1) is 10.6 Å². The number of sulfonamides is 1. The van der Waals surface area contributed by atoms with Crippen LogP contribution in [-0.4, -0.2) is 8.42 Å². The molecule has 0 aromatic heterocycles. The van der Waals surface area contributed by atoms with Gasteiger partial charge < -0.3 is 0 Å². The lowest BCUT2D eigenvalue weighted by molar-refractivity contribution is 0.596. The minimum atomic E-state index is -3.88. The molecule has 0 saturated carbocycles. The van der Waals surface area contributed by atoms with Crippen molar-refractivity contribution in [3.05, 3.63) is 58.6 Å². The normalized spacial score (nSPS) is 10.8. The predicted octanol–water partition coefficient (Wildman–Crippen LogP) is 3.43. The number of anilines is 1. The summed E-state index contributed by atoms with van der Waals surface area (Å²) in [7, 11) is -3.88. The van der Waals surface area contributed by atoms with Gasteiger partial charge in [0.25, 0.3) is 10.0 Å². The lowest BCUT2D eigenvalue weighted by Gasteiger charge is -2.16. The summed E-state index contributed by atoms with van der Waals surface area (Å²) in [5.74, 6) is 0. The van der Waals surface area contributed by atoms with Crippen LogP contribution in [-0.2, 0) is 10.0 Å². The van der Waals surface area contributed by atoms with Gasteiger partial charge in [-0.15, -0.1) is 0 Å². The van der Waals surface area contributed by atoms with E-state index in [-0.39, 0.29) is 4.90 Å². The highest BCUT2D eigenvalue weighted by Gasteiger charge is 2.24. The van der Waals surface area contributed by atoms with Crippen molar-refractivity contribution < 1.29 is 8.42 Å². The number of nitrogens with zero attached hydrogens (tertiary/aromatic N) is 2. The maximum Gasteiger partial charge on any atom is 0.276 e. The average Bonchev–Trinajstić information content (AvgIpc) is 2.42. The zero-order valence-corrected chi connectivity index (χ0v) is 13.0. The lowest BCUT2D eigenvalue weighted by atomic mass is 10.2. The number of hydrogen-bond acceptors (Lipinski definition) is 3. The van der Waals surface area contributed by atoms with Crippen LogP contribution in [0.2, 0.25) is 0 Å². The molecule has 20 heavy (non-hydrogen) atoms. The molecule has 0 amide bonds.